The van der Waals surface area contributed by atoms with Crippen LogP contribution in [0.15, 0.2) is 53.9 Å². The van der Waals surface area contributed by atoms with Gasteiger partial charge in [0.1, 0.15) is 10.8 Å². The minimum absolute atomic E-state index is 0.0409. The molecule has 3 nitrogen and oxygen atoms in total. The number of Topliss-reactive ketones (excluding diaryl/α,β-unsaturated/α-hetero) is 2. The summed E-state index contributed by atoms with van der Waals surface area (Å²) in [5.41, 5.74) is 4.76. The predicted octanol–water partition coefficient (Wildman–Crippen LogP) is 4.68. The van der Waals surface area contributed by atoms with E-state index in [1.807, 2.05) is 29.6 Å². The van der Waals surface area contributed by atoms with Crippen LogP contribution >= 0.6 is 11.3 Å². The first-order valence-electron chi connectivity index (χ1n) is 8.14. The summed E-state index contributed by atoms with van der Waals surface area (Å²) in [4.78, 5) is 28.2. The molecule has 2 aromatic carbocycles. The Kier molecular flexibility index (Phi) is 5.19. The molecule has 4 heteroatoms. The average Bonchev–Trinajstić information content (AvgIpc) is 3.04. The third kappa shape index (κ3) is 4.48. The highest BCUT2D eigenvalue weighted by Gasteiger charge is 2.11. The summed E-state index contributed by atoms with van der Waals surface area (Å²) < 4.78 is 0. The van der Waals surface area contributed by atoms with Crippen molar-refractivity contribution in [2.24, 2.45) is 0 Å². The molecule has 1 aromatic heterocycles. The molecule has 0 bridgehead atoms. The third-order valence-corrected chi connectivity index (χ3v) is 4.79. The lowest BCUT2D eigenvalue weighted by Crippen LogP contribution is -2.04. The van der Waals surface area contributed by atoms with Gasteiger partial charge in [-0.1, -0.05) is 54.1 Å². The van der Waals surface area contributed by atoms with Crippen LogP contribution in [0, 0.1) is 6.92 Å². The van der Waals surface area contributed by atoms with Gasteiger partial charge in [-0.15, -0.1) is 11.3 Å². The Hall–Kier alpha value is -2.59. The molecule has 3 rings (SSSR count). The molecule has 0 saturated heterocycles. The number of aryl methyl sites for hydroxylation is 1. The lowest BCUT2D eigenvalue weighted by atomic mass is 10.0. The number of ketones is 2. The van der Waals surface area contributed by atoms with E-state index in [9.17, 15) is 9.59 Å². The first-order valence-corrected chi connectivity index (χ1v) is 9.02. The zero-order valence-electron chi connectivity index (χ0n) is 14.3. The van der Waals surface area contributed by atoms with Crippen LogP contribution in [0.5, 0.6) is 0 Å². The topological polar surface area (TPSA) is 47.0 Å². The van der Waals surface area contributed by atoms with Crippen molar-refractivity contribution in [3.05, 3.63) is 75.6 Å². The quantitative estimate of drug-likeness (QED) is 0.607. The maximum atomic E-state index is 12.4. The van der Waals surface area contributed by atoms with E-state index in [-0.39, 0.29) is 11.6 Å². The molecule has 25 heavy (non-hydrogen) atoms. The van der Waals surface area contributed by atoms with Gasteiger partial charge in [0.15, 0.2) is 5.78 Å². The van der Waals surface area contributed by atoms with Crippen molar-refractivity contribution in [1.29, 1.82) is 0 Å². The van der Waals surface area contributed by atoms with Crippen molar-refractivity contribution in [2.75, 3.05) is 0 Å². The Balaban J connectivity index is 1.69. The molecule has 0 aliphatic rings. The fraction of sp³-hybridized carbons (Fsp3) is 0.190. The van der Waals surface area contributed by atoms with Crippen LogP contribution in [0.4, 0.5) is 0 Å². The van der Waals surface area contributed by atoms with Crippen molar-refractivity contribution >= 4 is 22.9 Å². The predicted molar refractivity (Wildman–Crippen MR) is 101 cm³/mol. The van der Waals surface area contributed by atoms with Gasteiger partial charge in [0.25, 0.3) is 0 Å². The van der Waals surface area contributed by atoms with Crippen LogP contribution in [0.1, 0.15) is 33.4 Å². The van der Waals surface area contributed by atoms with Gasteiger partial charge in [-0.25, -0.2) is 4.98 Å². The molecule has 126 valence electrons. The molecule has 0 atom stereocenters. The van der Waals surface area contributed by atoms with Gasteiger partial charge in [0.2, 0.25) is 0 Å². The fourth-order valence-electron chi connectivity index (χ4n) is 2.58. The zero-order valence-corrected chi connectivity index (χ0v) is 15.1. The highest BCUT2D eigenvalue weighted by Crippen LogP contribution is 2.23. The smallest absolute Gasteiger partial charge is 0.169 e. The van der Waals surface area contributed by atoms with Crippen molar-refractivity contribution in [2.45, 2.75) is 26.7 Å². The maximum absolute atomic E-state index is 12.4. The summed E-state index contributed by atoms with van der Waals surface area (Å²) in [5, 5.41) is 2.80. The van der Waals surface area contributed by atoms with Crippen LogP contribution < -0.4 is 0 Å². The second kappa shape index (κ2) is 7.53. The SMILES string of the molecule is CC(=O)Cc1ccc(C(=O)Cc2nc(-c3ccc(C)cc3)cs2)cc1. The maximum Gasteiger partial charge on any atom is 0.169 e. The Morgan fingerprint density at radius 2 is 1.64 bits per heavy atom. The minimum Gasteiger partial charge on any atom is -0.300 e. The number of benzene rings is 2. The number of thiazole rings is 1. The summed E-state index contributed by atoms with van der Waals surface area (Å²) in [6.07, 6.45) is 0.698. The molecule has 0 unspecified atom stereocenters. The number of rotatable bonds is 6. The standard InChI is InChI=1S/C21H19NO2S/c1-14-3-7-17(8-4-14)19-13-25-21(22-19)12-20(24)18-9-5-16(6-10-18)11-15(2)23/h3-10,13H,11-12H2,1-2H3. The van der Waals surface area contributed by atoms with Gasteiger partial charge >= 0.3 is 0 Å². The summed E-state index contributed by atoms with van der Waals surface area (Å²) in [6.45, 7) is 3.61. The van der Waals surface area contributed by atoms with E-state index in [1.165, 1.54) is 16.9 Å². The minimum atomic E-state index is 0.0409. The first kappa shape index (κ1) is 17.2. The Labute approximate surface area is 151 Å². The number of hydrogen-bond acceptors (Lipinski definition) is 4. The lowest BCUT2D eigenvalue weighted by Gasteiger charge is -2.02. The van der Waals surface area contributed by atoms with Crippen molar-refractivity contribution in [3.8, 4) is 11.3 Å². The second-order valence-electron chi connectivity index (χ2n) is 6.17. The summed E-state index contributed by atoms with van der Waals surface area (Å²) in [5.74, 6) is 0.157. The molecule has 0 aliphatic carbocycles. The largest absolute Gasteiger partial charge is 0.300 e. The molecule has 0 radical (unpaired) electrons. The monoisotopic (exact) mass is 349 g/mol. The molecule has 0 fully saturated rings. The van der Waals surface area contributed by atoms with Gasteiger partial charge in [-0.2, -0.15) is 0 Å². The molecule has 0 N–H and O–H groups in total. The molecule has 0 amide bonds. The molecule has 1 heterocycles. The molecule has 0 saturated carbocycles. The number of carbonyl (C=O) groups excluding carboxylic acids is 2. The first-order chi connectivity index (χ1) is 12.0. The van der Waals surface area contributed by atoms with Gasteiger partial charge < -0.3 is 0 Å². The van der Waals surface area contributed by atoms with Crippen molar-refractivity contribution in [1.82, 2.24) is 4.98 Å². The van der Waals surface area contributed by atoms with Crippen molar-refractivity contribution in [3.63, 3.8) is 0 Å². The lowest BCUT2D eigenvalue weighted by molar-refractivity contribution is -0.116. The van der Waals surface area contributed by atoms with Gasteiger partial charge in [0.05, 0.1) is 12.1 Å². The molecule has 0 spiro atoms. The Bertz CT molecular complexity index is 892. The number of carbonyl (C=O) groups is 2. The van der Waals surface area contributed by atoms with E-state index in [0.29, 0.717) is 18.4 Å². The fourth-order valence-corrected chi connectivity index (χ4v) is 3.39. The number of nitrogens with zero attached hydrogens (tertiary/aromatic N) is 1. The van der Waals surface area contributed by atoms with Crippen LogP contribution in [0.3, 0.4) is 0 Å². The van der Waals surface area contributed by atoms with E-state index in [4.69, 9.17) is 0 Å². The second-order valence-corrected chi connectivity index (χ2v) is 7.11. The Morgan fingerprint density at radius 1 is 0.960 bits per heavy atom. The molecule has 3 aromatic rings. The Morgan fingerprint density at radius 3 is 2.28 bits per heavy atom. The molecular weight excluding hydrogens is 330 g/mol. The number of aromatic nitrogens is 1. The van der Waals surface area contributed by atoms with Crippen LogP contribution in [0.25, 0.3) is 11.3 Å². The molecular formula is C21H19NO2S. The average molecular weight is 349 g/mol. The summed E-state index contributed by atoms with van der Waals surface area (Å²) in [6, 6.07) is 15.5. The van der Waals surface area contributed by atoms with Crippen molar-refractivity contribution < 1.29 is 9.59 Å². The van der Waals surface area contributed by atoms with E-state index in [2.05, 4.69) is 24.0 Å². The van der Waals surface area contributed by atoms with E-state index in [0.717, 1.165) is 21.8 Å². The summed E-state index contributed by atoms with van der Waals surface area (Å²) >= 11 is 1.51. The van der Waals surface area contributed by atoms with E-state index < -0.39 is 0 Å². The van der Waals surface area contributed by atoms with Crippen LogP contribution in [-0.4, -0.2) is 16.6 Å². The van der Waals surface area contributed by atoms with E-state index in [1.54, 1.807) is 19.1 Å². The van der Waals surface area contributed by atoms with Crippen LogP contribution in [0.2, 0.25) is 0 Å². The molecule has 0 aliphatic heterocycles. The van der Waals surface area contributed by atoms with Gasteiger partial charge in [-0.05, 0) is 19.4 Å². The summed E-state index contributed by atoms with van der Waals surface area (Å²) in [7, 11) is 0. The van der Waals surface area contributed by atoms with E-state index >= 15 is 0 Å². The van der Waals surface area contributed by atoms with Gasteiger partial charge in [0, 0.05) is 22.9 Å². The van der Waals surface area contributed by atoms with Gasteiger partial charge in [-0.3, -0.25) is 9.59 Å². The highest BCUT2D eigenvalue weighted by molar-refractivity contribution is 7.10. The van der Waals surface area contributed by atoms with Crippen LogP contribution in [-0.2, 0) is 17.6 Å². The zero-order chi connectivity index (χ0) is 17.8. The third-order valence-electron chi connectivity index (χ3n) is 3.94. The number of hydrogen-bond donors (Lipinski definition) is 0. The highest BCUT2D eigenvalue weighted by atomic mass is 32.1. The normalized spacial score (nSPS) is 10.6.